The van der Waals surface area contributed by atoms with E-state index in [0.29, 0.717) is 0 Å². The Balaban J connectivity index is 2.50. The summed E-state index contributed by atoms with van der Waals surface area (Å²) >= 11 is 0. The van der Waals surface area contributed by atoms with Crippen molar-refractivity contribution >= 4 is 0 Å². The van der Waals surface area contributed by atoms with Gasteiger partial charge in [0, 0.05) is 31.3 Å². The van der Waals surface area contributed by atoms with Crippen LogP contribution in [0, 0.1) is 20.8 Å². The van der Waals surface area contributed by atoms with Gasteiger partial charge in [0.1, 0.15) is 0 Å². The van der Waals surface area contributed by atoms with Gasteiger partial charge in [0.15, 0.2) is 0 Å². The van der Waals surface area contributed by atoms with E-state index in [1.54, 1.807) is 0 Å². The topological polar surface area (TPSA) is 29.9 Å². The molecule has 0 spiro atoms. The molecule has 2 aromatic rings. The molecule has 19 heavy (non-hydrogen) atoms. The van der Waals surface area contributed by atoms with Crippen LogP contribution in [0.2, 0.25) is 0 Å². The van der Waals surface area contributed by atoms with Crippen molar-refractivity contribution in [1.29, 1.82) is 0 Å². The predicted molar refractivity (Wildman–Crippen MR) is 80.5 cm³/mol. The summed E-state index contributed by atoms with van der Waals surface area (Å²) in [6, 6.07) is 6.66. The monoisotopic (exact) mass is 257 g/mol. The summed E-state index contributed by atoms with van der Waals surface area (Å²) in [6.07, 6.45) is 0.959. The molecule has 0 unspecified atom stereocenters. The van der Waals surface area contributed by atoms with Crippen LogP contribution in [0.4, 0.5) is 0 Å². The Kier molecular flexibility index (Phi) is 4.05. The molecule has 0 aliphatic rings. The smallest absolute Gasteiger partial charge is 0.0718 e. The summed E-state index contributed by atoms with van der Waals surface area (Å²) in [4.78, 5) is 0. The van der Waals surface area contributed by atoms with Gasteiger partial charge in [-0.3, -0.25) is 4.68 Å². The van der Waals surface area contributed by atoms with Crippen molar-refractivity contribution in [3.05, 3.63) is 40.7 Å². The Morgan fingerprint density at radius 1 is 1.16 bits per heavy atom. The highest BCUT2D eigenvalue weighted by Gasteiger charge is 2.14. The molecular weight excluding hydrogens is 234 g/mol. The lowest BCUT2D eigenvalue weighted by Crippen LogP contribution is -2.11. The van der Waals surface area contributed by atoms with Crippen LogP contribution in [0.1, 0.15) is 22.5 Å². The highest BCUT2D eigenvalue weighted by atomic mass is 15.3. The van der Waals surface area contributed by atoms with Gasteiger partial charge in [-0.2, -0.15) is 5.10 Å². The molecule has 0 amide bonds. The first-order valence-electron chi connectivity index (χ1n) is 6.79. The molecule has 1 N–H and O–H groups in total. The van der Waals surface area contributed by atoms with Crippen LogP contribution in [-0.2, 0) is 13.5 Å². The SMILES string of the molecule is CNCCc1nn(C)c(C)c1-c1ccc(C)c(C)c1. The zero-order valence-electron chi connectivity index (χ0n) is 12.5. The summed E-state index contributed by atoms with van der Waals surface area (Å²) in [5.41, 5.74) is 7.65. The van der Waals surface area contributed by atoms with Crippen LogP contribution >= 0.6 is 0 Å². The number of likely N-dealkylation sites (N-methyl/N-ethyl adjacent to an activating group) is 1. The lowest BCUT2D eigenvalue weighted by atomic mass is 9.98. The molecule has 0 saturated carbocycles. The molecule has 3 nitrogen and oxygen atoms in total. The second kappa shape index (κ2) is 5.57. The van der Waals surface area contributed by atoms with Gasteiger partial charge < -0.3 is 5.32 Å². The molecule has 0 fully saturated rings. The quantitative estimate of drug-likeness (QED) is 0.912. The minimum atomic E-state index is 0.953. The van der Waals surface area contributed by atoms with Crippen molar-refractivity contribution in [3.63, 3.8) is 0 Å². The Labute approximate surface area is 115 Å². The van der Waals surface area contributed by atoms with E-state index >= 15 is 0 Å². The van der Waals surface area contributed by atoms with Crippen molar-refractivity contribution in [2.45, 2.75) is 27.2 Å². The number of benzene rings is 1. The third-order valence-corrected chi connectivity index (χ3v) is 3.81. The van der Waals surface area contributed by atoms with Crippen LogP contribution < -0.4 is 5.32 Å². The molecule has 0 saturated heterocycles. The normalized spacial score (nSPS) is 11.0. The fourth-order valence-corrected chi connectivity index (χ4v) is 2.37. The molecule has 3 heteroatoms. The van der Waals surface area contributed by atoms with E-state index in [2.05, 4.69) is 49.4 Å². The van der Waals surface area contributed by atoms with Gasteiger partial charge in [0.2, 0.25) is 0 Å². The largest absolute Gasteiger partial charge is 0.319 e. The Morgan fingerprint density at radius 2 is 1.89 bits per heavy atom. The number of nitrogens with zero attached hydrogens (tertiary/aromatic N) is 2. The summed E-state index contributed by atoms with van der Waals surface area (Å²) in [7, 11) is 3.99. The Bertz CT molecular complexity index is 582. The maximum Gasteiger partial charge on any atom is 0.0718 e. The molecule has 0 atom stereocenters. The molecule has 0 aliphatic carbocycles. The Hall–Kier alpha value is -1.61. The standard InChI is InChI=1S/C16H23N3/c1-11-6-7-14(10-12(11)2)16-13(3)19(5)18-15(16)8-9-17-4/h6-7,10,17H,8-9H2,1-5H3. The average Bonchev–Trinajstić information content (AvgIpc) is 2.66. The fraction of sp³-hybridized carbons (Fsp3) is 0.438. The molecule has 0 bridgehead atoms. The van der Waals surface area contributed by atoms with E-state index in [-0.39, 0.29) is 0 Å². The molecule has 102 valence electrons. The molecule has 1 aromatic carbocycles. The first-order chi connectivity index (χ1) is 9.04. The van der Waals surface area contributed by atoms with Crippen LogP contribution in [0.3, 0.4) is 0 Å². The van der Waals surface area contributed by atoms with Crippen LogP contribution in [-0.4, -0.2) is 23.4 Å². The molecule has 2 rings (SSSR count). The first-order valence-corrected chi connectivity index (χ1v) is 6.79. The number of hydrogen-bond donors (Lipinski definition) is 1. The van der Waals surface area contributed by atoms with E-state index in [1.165, 1.54) is 33.6 Å². The zero-order chi connectivity index (χ0) is 14.0. The van der Waals surface area contributed by atoms with E-state index in [0.717, 1.165) is 13.0 Å². The maximum atomic E-state index is 4.65. The lowest BCUT2D eigenvalue weighted by Gasteiger charge is -2.07. The van der Waals surface area contributed by atoms with Gasteiger partial charge in [0.05, 0.1) is 5.69 Å². The highest BCUT2D eigenvalue weighted by molar-refractivity contribution is 5.69. The molecular formula is C16H23N3. The number of aromatic nitrogens is 2. The van der Waals surface area contributed by atoms with Gasteiger partial charge in [-0.15, -0.1) is 0 Å². The van der Waals surface area contributed by atoms with Gasteiger partial charge >= 0.3 is 0 Å². The molecule has 0 radical (unpaired) electrons. The number of nitrogens with one attached hydrogen (secondary N) is 1. The van der Waals surface area contributed by atoms with E-state index in [4.69, 9.17) is 0 Å². The van der Waals surface area contributed by atoms with Crippen molar-refractivity contribution in [2.24, 2.45) is 7.05 Å². The minimum absolute atomic E-state index is 0.953. The number of rotatable bonds is 4. The van der Waals surface area contributed by atoms with Crippen molar-refractivity contribution < 1.29 is 0 Å². The van der Waals surface area contributed by atoms with Crippen molar-refractivity contribution in [2.75, 3.05) is 13.6 Å². The fourth-order valence-electron chi connectivity index (χ4n) is 2.37. The molecule has 0 aliphatic heterocycles. The van der Waals surface area contributed by atoms with E-state index in [1.807, 2.05) is 18.8 Å². The summed E-state index contributed by atoms with van der Waals surface area (Å²) in [5.74, 6) is 0. The lowest BCUT2D eigenvalue weighted by molar-refractivity contribution is 0.703. The molecule has 1 heterocycles. The van der Waals surface area contributed by atoms with Crippen LogP contribution in [0.25, 0.3) is 11.1 Å². The van der Waals surface area contributed by atoms with Gasteiger partial charge in [0.25, 0.3) is 0 Å². The summed E-state index contributed by atoms with van der Waals surface area (Å²) in [6.45, 7) is 7.41. The third-order valence-electron chi connectivity index (χ3n) is 3.81. The van der Waals surface area contributed by atoms with E-state index < -0.39 is 0 Å². The van der Waals surface area contributed by atoms with Gasteiger partial charge in [-0.25, -0.2) is 0 Å². The molecule has 1 aromatic heterocycles. The minimum Gasteiger partial charge on any atom is -0.319 e. The third kappa shape index (κ3) is 2.71. The van der Waals surface area contributed by atoms with Crippen LogP contribution in [0.15, 0.2) is 18.2 Å². The van der Waals surface area contributed by atoms with Crippen molar-refractivity contribution in [1.82, 2.24) is 15.1 Å². The van der Waals surface area contributed by atoms with Gasteiger partial charge in [-0.1, -0.05) is 18.2 Å². The number of aryl methyl sites for hydroxylation is 3. The second-order valence-electron chi connectivity index (χ2n) is 5.18. The Morgan fingerprint density at radius 3 is 2.53 bits per heavy atom. The average molecular weight is 257 g/mol. The highest BCUT2D eigenvalue weighted by Crippen LogP contribution is 2.28. The van der Waals surface area contributed by atoms with Crippen LogP contribution in [0.5, 0.6) is 0 Å². The zero-order valence-corrected chi connectivity index (χ0v) is 12.5. The number of hydrogen-bond acceptors (Lipinski definition) is 2. The van der Waals surface area contributed by atoms with Gasteiger partial charge in [-0.05, 0) is 44.5 Å². The first kappa shape index (κ1) is 13.8. The predicted octanol–water partition coefficient (Wildman–Crippen LogP) is 2.77. The maximum absolute atomic E-state index is 4.65. The van der Waals surface area contributed by atoms with Crippen molar-refractivity contribution in [3.8, 4) is 11.1 Å². The van der Waals surface area contributed by atoms with E-state index in [9.17, 15) is 0 Å². The second-order valence-corrected chi connectivity index (χ2v) is 5.18. The summed E-state index contributed by atoms with van der Waals surface area (Å²) < 4.78 is 1.98. The summed E-state index contributed by atoms with van der Waals surface area (Å²) in [5, 5.41) is 7.85.